The van der Waals surface area contributed by atoms with Crippen LogP contribution in [0.3, 0.4) is 0 Å². The SMILES string of the molecule is Fc1ccc(CCC=CC2(F)CC2c2ccc(Cl)cc2)cc1Oc1ccccc1. The van der Waals surface area contributed by atoms with Gasteiger partial charge in [-0.3, -0.25) is 0 Å². The molecule has 2 unspecified atom stereocenters. The van der Waals surface area contributed by atoms with Crippen molar-refractivity contribution >= 4 is 11.6 Å². The number of aryl methyl sites for hydroxylation is 1. The van der Waals surface area contributed by atoms with Crippen LogP contribution in [-0.2, 0) is 6.42 Å². The third-order valence-electron chi connectivity index (χ3n) is 5.17. The lowest BCUT2D eigenvalue weighted by atomic mass is 10.1. The topological polar surface area (TPSA) is 9.23 Å². The van der Waals surface area contributed by atoms with Gasteiger partial charge in [0, 0.05) is 10.9 Å². The van der Waals surface area contributed by atoms with Gasteiger partial charge in [0.2, 0.25) is 0 Å². The van der Waals surface area contributed by atoms with Crippen molar-refractivity contribution in [2.45, 2.75) is 30.8 Å². The first-order valence-electron chi connectivity index (χ1n) is 9.67. The van der Waals surface area contributed by atoms with Gasteiger partial charge in [0.05, 0.1) is 0 Å². The molecule has 0 radical (unpaired) electrons. The van der Waals surface area contributed by atoms with E-state index in [1.54, 1.807) is 42.5 Å². The van der Waals surface area contributed by atoms with Gasteiger partial charge in [0.15, 0.2) is 11.6 Å². The smallest absolute Gasteiger partial charge is 0.165 e. The van der Waals surface area contributed by atoms with Crippen LogP contribution in [0.15, 0.2) is 84.9 Å². The summed E-state index contributed by atoms with van der Waals surface area (Å²) < 4.78 is 34.5. The van der Waals surface area contributed by atoms with E-state index in [2.05, 4.69) is 0 Å². The Labute approximate surface area is 174 Å². The molecule has 0 N–H and O–H groups in total. The van der Waals surface area contributed by atoms with Crippen molar-refractivity contribution in [1.82, 2.24) is 0 Å². The summed E-state index contributed by atoms with van der Waals surface area (Å²) in [6.45, 7) is 0. The average Bonchev–Trinajstić information content (AvgIpc) is 3.40. The molecule has 0 aromatic heterocycles. The zero-order chi connectivity index (χ0) is 20.3. The molecular formula is C25H21ClF2O. The van der Waals surface area contributed by atoms with E-state index in [-0.39, 0.29) is 11.7 Å². The van der Waals surface area contributed by atoms with Gasteiger partial charge >= 0.3 is 0 Å². The highest BCUT2D eigenvalue weighted by molar-refractivity contribution is 6.30. The minimum Gasteiger partial charge on any atom is -0.454 e. The first-order valence-corrected chi connectivity index (χ1v) is 10.0. The number of alkyl halides is 1. The second-order valence-electron chi connectivity index (χ2n) is 7.36. The van der Waals surface area contributed by atoms with Gasteiger partial charge in [-0.15, -0.1) is 0 Å². The molecule has 1 aliphatic rings. The van der Waals surface area contributed by atoms with E-state index in [1.807, 2.05) is 36.4 Å². The molecule has 1 nitrogen and oxygen atoms in total. The highest BCUT2D eigenvalue weighted by Gasteiger charge is 2.53. The summed E-state index contributed by atoms with van der Waals surface area (Å²) in [4.78, 5) is 0. The van der Waals surface area contributed by atoms with Crippen LogP contribution in [0, 0.1) is 5.82 Å². The Morgan fingerprint density at radius 2 is 1.79 bits per heavy atom. The molecule has 2 atom stereocenters. The van der Waals surface area contributed by atoms with Crippen molar-refractivity contribution in [3.05, 3.63) is 107 Å². The molecule has 1 saturated carbocycles. The van der Waals surface area contributed by atoms with Crippen molar-refractivity contribution in [1.29, 1.82) is 0 Å². The zero-order valence-corrected chi connectivity index (χ0v) is 16.6. The second kappa shape index (κ2) is 8.38. The Balaban J connectivity index is 1.34. The summed E-state index contributed by atoms with van der Waals surface area (Å²) in [5, 5.41) is 0.657. The predicted molar refractivity (Wildman–Crippen MR) is 113 cm³/mol. The molecule has 3 aromatic rings. The Morgan fingerprint density at radius 1 is 1.03 bits per heavy atom. The van der Waals surface area contributed by atoms with E-state index >= 15 is 0 Å². The normalized spacial score (nSPS) is 20.7. The second-order valence-corrected chi connectivity index (χ2v) is 7.79. The molecule has 1 aliphatic carbocycles. The highest BCUT2D eigenvalue weighted by Crippen LogP contribution is 2.55. The van der Waals surface area contributed by atoms with Gasteiger partial charge in [0.25, 0.3) is 0 Å². The van der Waals surface area contributed by atoms with E-state index < -0.39 is 11.5 Å². The largest absolute Gasteiger partial charge is 0.454 e. The fourth-order valence-electron chi connectivity index (χ4n) is 3.45. The molecule has 0 spiro atoms. The lowest BCUT2D eigenvalue weighted by Crippen LogP contribution is -1.98. The molecule has 29 heavy (non-hydrogen) atoms. The number of allylic oxidation sites excluding steroid dienone is 2. The monoisotopic (exact) mass is 410 g/mol. The van der Waals surface area contributed by atoms with Crippen molar-refractivity contribution in [3.63, 3.8) is 0 Å². The average molecular weight is 411 g/mol. The molecule has 4 heteroatoms. The summed E-state index contributed by atoms with van der Waals surface area (Å²) in [5.41, 5.74) is 0.640. The van der Waals surface area contributed by atoms with Gasteiger partial charge in [0.1, 0.15) is 11.4 Å². The maximum atomic E-state index is 14.8. The number of halogens is 3. The molecular weight excluding hydrogens is 390 g/mol. The molecule has 0 bridgehead atoms. The van der Waals surface area contributed by atoms with Gasteiger partial charge in [-0.25, -0.2) is 8.78 Å². The quantitative estimate of drug-likeness (QED) is 0.363. The van der Waals surface area contributed by atoms with Gasteiger partial charge in [-0.2, -0.15) is 0 Å². The standard InChI is InChI=1S/C25H21ClF2O/c26-20-12-10-19(11-13-20)22-17-25(22,28)15-5-4-6-18-9-14-23(27)24(16-18)29-21-7-2-1-3-8-21/h1-3,5,7-16,22H,4,6,17H2. The Bertz CT molecular complexity index is 1000. The van der Waals surface area contributed by atoms with Crippen LogP contribution in [-0.4, -0.2) is 5.67 Å². The van der Waals surface area contributed by atoms with Gasteiger partial charge < -0.3 is 4.74 Å². The summed E-state index contributed by atoms with van der Waals surface area (Å²) >= 11 is 5.89. The van der Waals surface area contributed by atoms with Crippen molar-refractivity contribution < 1.29 is 13.5 Å². The van der Waals surface area contributed by atoms with E-state index in [9.17, 15) is 8.78 Å². The van der Waals surface area contributed by atoms with E-state index in [0.717, 1.165) is 11.1 Å². The molecule has 0 saturated heterocycles. The first kappa shape index (κ1) is 19.7. The number of hydrogen-bond donors (Lipinski definition) is 0. The third kappa shape index (κ3) is 4.86. The minimum absolute atomic E-state index is 0.104. The van der Waals surface area contributed by atoms with Crippen molar-refractivity contribution in [2.24, 2.45) is 0 Å². The van der Waals surface area contributed by atoms with Gasteiger partial charge in [-0.1, -0.05) is 60.2 Å². The van der Waals surface area contributed by atoms with Gasteiger partial charge in [-0.05, 0) is 66.8 Å². The summed E-state index contributed by atoms with van der Waals surface area (Å²) in [6, 6.07) is 21.3. The van der Waals surface area contributed by atoms with Crippen LogP contribution in [0.2, 0.25) is 5.02 Å². The number of benzene rings is 3. The van der Waals surface area contributed by atoms with Crippen LogP contribution in [0.25, 0.3) is 0 Å². The molecule has 3 aromatic carbocycles. The fraction of sp³-hybridized carbons (Fsp3) is 0.200. The van der Waals surface area contributed by atoms with Crippen LogP contribution in [0.5, 0.6) is 11.5 Å². The van der Waals surface area contributed by atoms with Crippen molar-refractivity contribution in [2.75, 3.05) is 0 Å². The maximum Gasteiger partial charge on any atom is 0.165 e. The van der Waals surface area contributed by atoms with Crippen LogP contribution < -0.4 is 4.74 Å². The lowest BCUT2D eigenvalue weighted by Gasteiger charge is -2.08. The predicted octanol–water partition coefficient (Wildman–Crippen LogP) is 7.66. The Hall–Kier alpha value is -2.65. The maximum absolute atomic E-state index is 14.8. The van der Waals surface area contributed by atoms with Crippen LogP contribution >= 0.6 is 11.6 Å². The summed E-state index contributed by atoms with van der Waals surface area (Å²) in [5.74, 6) is 0.279. The highest BCUT2D eigenvalue weighted by atomic mass is 35.5. The zero-order valence-electron chi connectivity index (χ0n) is 15.8. The fourth-order valence-corrected chi connectivity index (χ4v) is 3.58. The number of ether oxygens (including phenoxy) is 1. The minimum atomic E-state index is -1.28. The molecule has 0 amide bonds. The first-order chi connectivity index (χ1) is 14.0. The lowest BCUT2D eigenvalue weighted by molar-refractivity contribution is 0.368. The third-order valence-corrected chi connectivity index (χ3v) is 5.42. The van der Waals surface area contributed by atoms with Crippen molar-refractivity contribution in [3.8, 4) is 11.5 Å². The Morgan fingerprint density at radius 3 is 2.55 bits per heavy atom. The van der Waals surface area contributed by atoms with E-state index in [0.29, 0.717) is 30.0 Å². The molecule has 1 fully saturated rings. The number of hydrogen-bond acceptors (Lipinski definition) is 1. The van der Waals surface area contributed by atoms with E-state index in [1.165, 1.54) is 6.07 Å². The van der Waals surface area contributed by atoms with E-state index in [4.69, 9.17) is 16.3 Å². The molecule has 4 rings (SSSR count). The number of para-hydroxylation sites is 1. The van der Waals surface area contributed by atoms with Crippen LogP contribution in [0.4, 0.5) is 8.78 Å². The molecule has 148 valence electrons. The van der Waals surface area contributed by atoms with Crippen LogP contribution in [0.1, 0.15) is 29.9 Å². The number of rotatable bonds is 7. The molecule has 0 aliphatic heterocycles. The molecule has 0 heterocycles. The summed E-state index contributed by atoms with van der Waals surface area (Å²) in [7, 11) is 0. The Kier molecular flexibility index (Phi) is 5.68. The summed E-state index contributed by atoms with van der Waals surface area (Å²) in [6.07, 6.45) is 5.39.